The van der Waals surface area contributed by atoms with Gasteiger partial charge in [0, 0.05) is 19.6 Å². The van der Waals surface area contributed by atoms with E-state index in [0.29, 0.717) is 28.7 Å². The Bertz CT molecular complexity index is 1100. The SMILES string of the molecule is C=C1N(C)c2cnc(NC3=CC4CCOC4C=C3Cl)nc2N1C12CC3CC(CC(O)(C3)C1)C2. The van der Waals surface area contributed by atoms with Gasteiger partial charge in [-0.1, -0.05) is 24.3 Å². The number of hydrogen-bond acceptors (Lipinski definition) is 7. The maximum absolute atomic E-state index is 11.3. The van der Waals surface area contributed by atoms with Crippen molar-refractivity contribution in [3.63, 3.8) is 0 Å². The smallest absolute Gasteiger partial charge is 0.229 e. The van der Waals surface area contributed by atoms with Crippen molar-refractivity contribution in [2.24, 2.45) is 17.8 Å². The van der Waals surface area contributed by atoms with Gasteiger partial charge in [0.15, 0.2) is 5.82 Å². The van der Waals surface area contributed by atoms with Crippen molar-refractivity contribution in [3.8, 4) is 0 Å². The van der Waals surface area contributed by atoms with Crippen LogP contribution in [0.25, 0.3) is 0 Å². The highest BCUT2D eigenvalue weighted by Crippen LogP contribution is 2.62. The number of ether oxygens (including phenoxy) is 1. The van der Waals surface area contributed by atoms with Crippen molar-refractivity contribution >= 4 is 29.1 Å². The van der Waals surface area contributed by atoms with E-state index in [1.54, 1.807) is 0 Å². The number of aromatic nitrogens is 2. The third-order valence-electron chi connectivity index (χ3n) is 8.82. The third kappa shape index (κ3) is 2.95. The molecule has 3 heterocycles. The highest BCUT2D eigenvalue weighted by Gasteiger charge is 2.61. The first-order valence-electron chi connectivity index (χ1n) is 12.1. The molecule has 0 radical (unpaired) electrons. The minimum absolute atomic E-state index is 0.0679. The van der Waals surface area contributed by atoms with Crippen molar-refractivity contribution in [1.29, 1.82) is 0 Å². The van der Waals surface area contributed by atoms with Gasteiger partial charge in [-0.25, -0.2) is 4.98 Å². The van der Waals surface area contributed by atoms with E-state index in [-0.39, 0.29) is 11.6 Å². The molecule has 4 bridgehead atoms. The fourth-order valence-corrected chi connectivity index (χ4v) is 8.13. The molecule has 7 nitrogen and oxygen atoms in total. The molecular formula is C25H30ClN5O2. The molecule has 1 saturated heterocycles. The lowest BCUT2D eigenvalue weighted by Gasteiger charge is -2.62. The van der Waals surface area contributed by atoms with E-state index in [1.165, 1.54) is 6.42 Å². The number of rotatable bonds is 3. The van der Waals surface area contributed by atoms with Gasteiger partial charge in [-0.2, -0.15) is 4.98 Å². The molecule has 5 aliphatic carbocycles. The highest BCUT2D eigenvalue weighted by atomic mass is 35.5. The molecule has 8 rings (SSSR count). The average molecular weight is 468 g/mol. The second-order valence-electron chi connectivity index (χ2n) is 11.1. The molecule has 1 aromatic rings. The summed E-state index contributed by atoms with van der Waals surface area (Å²) in [6.07, 6.45) is 13.1. The van der Waals surface area contributed by atoms with Crippen LogP contribution < -0.4 is 15.1 Å². The molecule has 0 amide bonds. The number of nitrogens with zero attached hydrogens (tertiary/aromatic N) is 4. The van der Waals surface area contributed by atoms with Crippen LogP contribution in [-0.2, 0) is 4.74 Å². The number of anilines is 3. The average Bonchev–Trinajstić information content (AvgIpc) is 3.28. The summed E-state index contributed by atoms with van der Waals surface area (Å²) in [6.45, 7) is 5.19. The van der Waals surface area contributed by atoms with Gasteiger partial charge in [0.25, 0.3) is 0 Å². The summed E-state index contributed by atoms with van der Waals surface area (Å²) in [5.74, 6) is 3.82. The summed E-state index contributed by atoms with van der Waals surface area (Å²) in [6, 6.07) is 0. The Balaban J connectivity index is 1.24. The van der Waals surface area contributed by atoms with E-state index in [0.717, 1.165) is 68.2 Å². The Morgan fingerprint density at radius 1 is 1.24 bits per heavy atom. The van der Waals surface area contributed by atoms with Gasteiger partial charge in [0.2, 0.25) is 5.95 Å². The van der Waals surface area contributed by atoms with Crippen molar-refractivity contribution in [2.75, 3.05) is 28.8 Å². The van der Waals surface area contributed by atoms with E-state index < -0.39 is 5.60 Å². The van der Waals surface area contributed by atoms with Crippen LogP contribution in [-0.4, -0.2) is 46.0 Å². The lowest BCUT2D eigenvalue weighted by Crippen LogP contribution is -2.65. The van der Waals surface area contributed by atoms with E-state index in [1.807, 2.05) is 19.3 Å². The van der Waals surface area contributed by atoms with Gasteiger partial charge < -0.3 is 25.0 Å². The highest BCUT2D eigenvalue weighted by molar-refractivity contribution is 6.32. The second kappa shape index (κ2) is 6.74. The fourth-order valence-electron chi connectivity index (χ4n) is 7.89. The first-order chi connectivity index (χ1) is 15.8. The quantitative estimate of drug-likeness (QED) is 0.692. The number of halogens is 1. The minimum atomic E-state index is -0.551. The van der Waals surface area contributed by atoms with Crippen molar-refractivity contribution in [1.82, 2.24) is 9.97 Å². The Morgan fingerprint density at radius 3 is 2.79 bits per heavy atom. The standard InChI is InChI=1S/C25H30ClN5O2/c1-14-30(2)20-12-27-23(28-19-6-17-3-4-33-21(17)7-18(19)26)29-22(20)31(14)24-8-15-5-16(9-24)11-25(32,10-15)13-24/h6-7,12,15-17,21,32H,1,3-5,8-11,13H2,2H3,(H,27,28,29). The molecule has 8 heteroatoms. The third-order valence-corrected chi connectivity index (χ3v) is 9.15. The zero-order chi connectivity index (χ0) is 22.5. The molecule has 4 unspecified atom stereocenters. The number of allylic oxidation sites excluding steroid dienone is 1. The van der Waals surface area contributed by atoms with Crippen molar-refractivity contribution in [3.05, 3.63) is 41.5 Å². The molecule has 7 aliphatic rings. The van der Waals surface area contributed by atoms with Gasteiger partial charge in [-0.3, -0.25) is 0 Å². The molecule has 0 aromatic carbocycles. The van der Waals surface area contributed by atoms with Crippen molar-refractivity contribution in [2.45, 2.75) is 62.2 Å². The Labute approximate surface area is 199 Å². The van der Waals surface area contributed by atoms with Gasteiger partial charge in [0.05, 0.1) is 34.2 Å². The second-order valence-corrected chi connectivity index (χ2v) is 11.5. The van der Waals surface area contributed by atoms with Gasteiger partial charge in [-0.15, -0.1) is 0 Å². The first kappa shape index (κ1) is 20.3. The lowest BCUT2D eigenvalue weighted by atomic mass is 9.50. The summed E-state index contributed by atoms with van der Waals surface area (Å²) >= 11 is 6.55. The Morgan fingerprint density at radius 2 is 2.03 bits per heavy atom. The molecule has 1 aromatic heterocycles. The van der Waals surface area contributed by atoms with Crippen molar-refractivity contribution < 1.29 is 9.84 Å². The lowest BCUT2D eigenvalue weighted by molar-refractivity contribution is -0.133. The zero-order valence-corrected chi connectivity index (χ0v) is 19.7. The summed E-state index contributed by atoms with van der Waals surface area (Å²) in [5, 5.41) is 15.4. The molecular weight excluding hydrogens is 438 g/mol. The van der Waals surface area contributed by atoms with Crippen LogP contribution in [0.1, 0.15) is 44.9 Å². The predicted molar refractivity (Wildman–Crippen MR) is 128 cm³/mol. The number of aliphatic hydroxyl groups is 1. The monoisotopic (exact) mass is 467 g/mol. The van der Waals surface area contributed by atoms with Crippen LogP contribution in [0, 0.1) is 17.8 Å². The van der Waals surface area contributed by atoms with Gasteiger partial charge in [0.1, 0.15) is 11.5 Å². The summed E-state index contributed by atoms with van der Waals surface area (Å²) in [5.41, 5.74) is 1.11. The molecule has 4 saturated carbocycles. The van der Waals surface area contributed by atoms with Crippen LogP contribution in [0.3, 0.4) is 0 Å². The van der Waals surface area contributed by atoms with Crippen LogP contribution >= 0.6 is 11.6 Å². The van der Waals surface area contributed by atoms with E-state index >= 15 is 0 Å². The summed E-state index contributed by atoms with van der Waals surface area (Å²) in [7, 11) is 2.02. The minimum Gasteiger partial charge on any atom is -0.390 e. The van der Waals surface area contributed by atoms with E-state index in [2.05, 4.69) is 32.8 Å². The van der Waals surface area contributed by atoms with E-state index in [9.17, 15) is 5.11 Å². The van der Waals surface area contributed by atoms with Gasteiger partial charge >= 0.3 is 0 Å². The summed E-state index contributed by atoms with van der Waals surface area (Å²) < 4.78 is 5.74. The molecule has 33 heavy (non-hydrogen) atoms. The van der Waals surface area contributed by atoms with Crippen LogP contribution in [0.5, 0.6) is 0 Å². The largest absolute Gasteiger partial charge is 0.390 e. The van der Waals surface area contributed by atoms with E-state index in [4.69, 9.17) is 21.3 Å². The molecule has 4 atom stereocenters. The van der Waals surface area contributed by atoms with Crippen LogP contribution in [0.2, 0.25) is 0 Å². The number of nitrogens with one attached hydrogen (secondary N) is 1. The Hall–Kier alpha value is -2.09. The maximum Gasteiger partial charge on any atom is 0.229 e. The predicted octanol–water partition coefficient (Wildman–Crippen LogP) is 4.12. The maximum atomic E-state index is 11.3. The topological polar surface area (TPSA) is 73.8 Å². The van der Waals surface area contributed by atoms with Crippen LogP contribution in [0.15, 0.2) is 41.5 Å². The molecule has 2 N–H and O–H groups in total. The first-order valence-corrected chi connectivity index (χ1v) is 12.5. The molecule has 174 valence electrons. The molecule has 5 fully saturated rings. The normalized spacial score (nSPS) is 40.6. The van der Waals surface area contributed by atoms with Crippen LogP contribution in [0.4, 0.5) is 17.5 Å². The van der Waals surface area contributed by atoms with Gasteiger partial charge in [-0.05, 0) is 62.9 Å². The fraction of sp³-hybridized carbons (Fsp3) is 0.600. The molecule has 0 spiro atoms. The zero-order valence-electron chi connectivity index (χ0n) is 18.9. The Kier molecular flexibility index (Phi) is 4.14. The summed E-state index contributed by atoms with van der Waals surface area (Å²) in [4.78, 5) is 14.0. The number of fused-ring (bicyclic) bond motifs is 2. The molecule has 2 aliphatic heterocycles. The number of hydrogen-bond donors (Lipinski definition) is 2.